The molecule has 9 rings (SSSR count). The van der Waals surface area contributed by atoms with Crippen LogP contribution >= 0.6 is 0 Å². The van der Waals surface area contributed by atoms with E-state index in [1.54, 1.807) is 0 Å². The number of nitrogens with zero attached hydrogens (tertiary/aromatic N) is 2. The quantitative estimate of drug-likeness (QED) is 0.116. The maximum Gasteiger partial charge on any atom is 0.0546 e. The number of benzene rings is 9. The van der Waals surface area contributed by atoms with Gasteiger partial charge in [0.1, 0.15) is 0 Å². The number of rotatable bonds is 8. The van der Waals surface area contributed by atoms with Crippen molar-refractivity contribution in [1.29, 1.82) is 0 Å². The fourth-order valence-electron chi connectivity index (χ4n) is 7.73. The van der Waals surface area contributed by atoms with Gasteiger partial charge >= 0.3 is 0 Å². The van der Waals surface area contributed by atoms with Gasteiger partial charge in [0.25, 0.3) is 0 Å². The Morgan fingerprint density at radius 2 is 0.815 bits per heavy atom. The van der Waals surface area contributed by atoms with Crippen LogP contribution in [0.15, 0.2) is 194 Å². The summed E-state index contributed by atoms with van der Waals surface area (Å²) < 4.78 is 0. The van der Waals surface area contributed by atoms with Crippen LogP contribution in [0.25, 0.3) is 44.5 Å². The Balaban J connectivity index is 1.04. The van der Waals surface area contributed by atoms with E-state index in [0.717, 1.165) is 39.6 Å². The smallest absolute Gasteiger partial charge is 0.0546 e. The summed E-state index contributed by atoms with van der Waals surface area (Å²) in [4.78, 5) is 4.73. The largest absolute Gasteiger partial charge is 0.310 e. The molecule has 0 aliphatic rings. The van der Waals surface area contributed by atoms with E-state index >= 15 is 0 Å². The number of anilines is 6. The molecular weight excluding hydrogens is 653 g/mol. The van der Waals surface area contributed by atoms with Crippen LogP contribution in [-0.4, -0.2) is 0 Å². The molecule has 0 aliphatic heterocycles. The predicted molar refractivity (Wildman–Crippen MR) is 233 cm³/mol. The zero-order valence-electron chi connectivity index (χ0n) is 30.5. The highest BCUT2D eigenvalue weighted by Crippen LogP contribution is 2.43. The maximum atomic E-state index is 2.41. The third-order valence-corrected chi connectivity index (χ3v) is 10.2. The van der Waals surface area contributed by atoms with Crippen LogP contribution in [0.2, 0.25) is 0 Å². The predicted octanol–water partition coefficient (Wildman–Crippen LogP) is 14.9. The van der Waals surface area contributed by atoms with Gasteiger partial charge in [0.2, 0.25) is 0 Å². The average molecular weight is 693 g/mol. The molecule has 0 spiro atoms. The van der Waals surface area contributed by atoms with Crippen molar-refractivity contribution < 1.29 is 0 Å². The first-order valence-corrected chi connectivity index (χ1v) is 18.6. The van der Waals surface area contributed by atoms with Crippen molar-refractivity contribution in [3.8, 4) is 0 Å². The van der Waals surface area contributed by atoms with Gasteiger partial charge in [-0.25, -0.2) is 0 Å². The van der Waals surface area contributed by atoms with Gasteiger partial charge < -0.3 is 9.80 Å². The standard InChI is InChI=1S/C52H40N2/c1-37-32-38(2)34-48(33-37)54(52-36-43-14-8-9-17-49(43)50-18-10-11-19-51(50)52)46-29-24-40(25-30-46)21-20-39-22-27-45(28-23-39)53(44-15-4-3-5-16-44)47-31-26-41-12-6-7-13-42(41)35-47/h3-36H,1-2H3/b21-20+. The molecule has 0 atom stereocenters. The van der Waals surface area contributed by atoms with Crippen LogP contribution < -0.4 is 9.80 Å². The molecule has 0 fully saturated rings. The zero-order chi connectivity index (χ0) is 36.4. The molecule has 0 heterocycles. The van der Waals surface area contributed by atoms with Crippen molar-refractivity contribution in [3.05, 3.63) is 216 Å². The summed E-state index contributed by atoms with van der Waals surface area (Å²) in [7, 11) is 0. The van der Waals surface area contributed by atoms with Crippen molar-refractivity contribution in [2.24, 2.45) is 0 Å². The van der Waals surface area contributed by atoms with E-state index in [9.17, 15) is 0 Å². The van der Waals surface area contributed by atoms with E-state index in [1.807, 2.05) is 0 Å². The highest BCUT2D eigenvalue weighted by molar-refractivity contribution is 6.14. The first-order valence-electron chi connectivity index (χ1n) is 18.6. The molecule has 2 nitrogen and oxygen atoms in total. The number of hydrogen-bond acceptors (Lipinski definition) is 2. The Hall–Kier alpha value is -6.90. The maximum absolute atomic E-state index is 2.41. The van der Waals surface area contributed by atoms with Gasteiger partial charge in [-0.3, -0.25) is 0 Å². The molecular formula is C52H40N2. The van der Waals surface area contributed by atoms with Gasteiger partial charge in [-0.05, 0) is 130 Å². The van der Waals surface area contributed by atoms with Crippen molar-refractivity contribution >= 4 is 78.6 Å². The lowest BCUT2D eigenvalue weighted by atomic mass is 9.98. The third-order valence-electron chi connectivity index (χ3n) is 10.2. The van der Waals surface area contributed by atoms with Crippen LogP contribution in [0.5, 0.6) is 0 Å². The van der Waals surface area contributed by atoms with Gasteiger partial charge in [0.05, 0.1) is 5.69 Å². The van der Waals surface area contributed by atoms with E-state index in [0.29, 0.717) is 0 Å². The molecule has 0 unspecified atom stereocenters. The number of fused-ring (bicyclic) bond motifs is 4. The summed E-state index contributed by atoms with van der Waals surface area (Å²) in [6.07, 6.45) is 4.39. The SMILES string of the molecule is Cc1cc(C)cc(N(c2ccc(/C=C/c3ccc(N(c4ccccc4)c4ccc5ccccc5c4)cc3)cc2)c2cc3ccccc3c3ccccc23)c1. The van der Waals surface area contributed by atoms with Crippen LogP contribution in [0.4, 0.5) is 34.1 Å². The second-order valence-electron chi connectivity index (χ2n) is 14.1. The van der Waals surface area contributed by atoms with Crippen molar-refractivity contribution in [2.45, 2.75) is 13.8 Å². The van der Waals surface area contributed by atoms with E-state index in [1.165, 1.54) is 49.1 Å². The summed E-state index contributed by atoms with van der Waals surface area (Å²) in [6.45, 7) is 4.35. The molecule has 0 amide bonds. The lowest BCUT2D eigenvalue weighted by Gasteiger charge is -2.28. The Morgan fingerprint density at radius 1 is 0.315 bits per heavy atom. The first kappa shape index (κ1) is 33.0. The molecule has 0 aromatic heterocycles. The molecule has 2 heteroatoms. The lowest BCUT2D eigenvalue weighted by Crippen LogP contribution is -2.11. The summed E-state index contributed by atoms with van der Waals surface area (Å²) in [5.41, 5.74) is 11.6. The Morgan fingerprint density at radius 3 is 1.48 bits per heavy atom. The van der Waals surface area contributed by atoms with Gasteiger partial charge in [0, 0.05) is 33.8 Å². The van der Waals surface area contributed by atoms with E-state index in [-0.39, 0.29) is 0 Å². The van der Waals surface area contributed by atoms with Crippen molar-refractivity contribution in [1.82, 2.24) is 0 Å². The minimum absolute atomic E-state index is 1.12. The topological polar surface area (TPSA) is 6.48 Å². The van der Waals surface area contributed by atoms with Crippen LogP contribution in [0.3, 0.4) is 0 Å². The fourth-order valence-corrected chi connectivity index (χ4v) is 7.73. The summed E-state index contributed by atoms with van der Waals surface area (Å²) >= 11 is 0. The Labute approximate surface area is 317 Å². The number of aryl methyl sites for hydroxylation is 2. The molecule has 0 radical (unpaired) electrons. The molecule has 0 saturated heterocycles. The van der Waals surface area contributed by atoms with E-state index in [4.69, 9.17) is 0 Å². The molecule has 0 aliphatic carbocycles. The van der Waals surface area contributed by atoms with Crippen LogP contribution in [0.1, 0.15) is 22.3 Å². The monoisotopic (exact) mass is 692 g/mol. The minimum atomic E-state index is 1.12. The molecule has 258 valence electrons. The van der Waals surface area contributed by atoms with Gasteiger partial charge in [-0.1, -0.05) is 140 Å². The van der Waals surface area contributed by atoms with Gasteiger partial charge in [-0.2, -0.15) is 0 Å². The molecule has 9 aromatic carbocycles. The fraction of sp³-hybridized carbons (Fsp3) is 0.0385. The Kier molecular flexibility index (Phi) is 8.70. The molecule has 0 N–H and O–H groups in total. The normalized spacial score (nSPS) is 11.4. The van der Waals surface area contributed by atoms with Crippen LogP contribution in [-0.2, 0) is 0 Å². The van der Waals surface area contributed by atoms with Gasteiger partial charge in [0.15, 0.2) is 0 Å². The molecule has 54 heavy (non-hydrogen) atoms. The minimum Gasteiger partial charge on any atom is -0.310 e. The second kappa shape index (κ2) is 14.3. The Bertz CT molecular complexity index is 2760. The van der Waals surface area contributed by atoms with Crippen LogP contribution in [0, 0.1) is 13.8 Å². The molecule has 0 bridgehead atoms. The first-order chi connectivity index (χ1) is 26.6. The highest BCUT2D eigenvalue weighted by atomic mass is 15.1. The summed E-state index contributed by atoms with van der Waals surface area (Å²) in [6, 6.07) is 70.1. The summed E-state index contributed by atoms with van der Waals surface area (Å²) in [5, 5.41) is 7.46. The lowest BCUT2D eigenvalue weighted by molar-refractivity contribution is 1.26. The summed E-state index contributed by atoms with van der Waals surface area (Å²) in [5.74, 6) is 0. The highest BCUT2D eigenvalue weighted by Gasteiger charge is 2.18. The van der Waals surface area contributed by atoms with E-state index < -0.39 is 0 Å². The van der Waals surface area contributed by atoms with Crippen molar-refractivity contribution in [3.63, 3.8) is 0 Å². The number of para-hydroxylation sites is 1. The van der Waals surface area contributed by atoms with Crippen molar-refractivity contribution in [2.75, 3.05) is 9.80 Å². The zero-order valence-corrected chi connectivity index (χ0v) is 30.5. The molecule has 9 aromatic rings. The van der Waals surface area contributed by atoms with E-state index in [2.05, 4.69) is 230 Å². The second-order valence-corrected chi connectivity index (χ2v) is 14.1. The number of hydrogen-bond donors (Lipinski definition) is 0. The van der Waals surface area contributed by atoms with Gasteiger partial charge in [-0.15, -0.1) is 0 Å². The average Bonchev–Trinajstić information content (AvgIpc) is 3.21. The third kappa shape index (κ3) is 6.51. The molecule has 0 saturated carbocycles.